The van der Waals surface area contributed by atoms with Gasteiger partial charge in [-0.3, -0.25) is 4.79 Å². The third-order valence-electron chi connectivity index (χ3n) is 4.18. The molecule has 0 spiro atoms. The molecule has 1 saturated carbocycles. The van der Waals surface area contributed by atoms with Gasteiger partial charge in [0.05, 0.1) is 5.60 Å². The van der Waals surface area contributed by atoms with Gasteiger partial charge in [0.25, 0.3) is 0 Å². The Labute approximate surface area is 125 Å². The average Bonchev–Trinajstić information content (AvgIpc) is 2.91. The van der Waals surface area contributed by atoms with Crippen LogP contribution in [0, 0.1) is 5.82 Å². The van der Waals surface area contributed by atoms with Crippen molar-refractivity contribution < 1.29 is 14.3 Å². The number of aryl methyl sites for hydroxylation is 1. The van der Waals surface area contributed by atoms with Crippen LogP contribution in [0.2, 0.25) is 0 Å². The van der Waals surface area contributed by atoms with Crippen LogP contribution in [0.15, 0.2) is 24.3 Å². The van der Waals surface area contributed by atoms with Crippen molar-refractivity contribution >= 4 is 5.91 Å². The first-order valence-electron chi connectivity index (χ1n) is 7.81. The fourth-order valence-corrected chi connectivity index (χ4v) is 2.83. The Morgan fingerprint density at radius 1 is 1.19 bits per heavy atom. The van der Waals surface area contributed by atoms with Crippen LogP contribution in [0.4, 0.5) is 4.39 Å². The second-order valence-corrected chi connectivity index (χ2v) is 6.04. The standard InChI is InChI=1S/C17H24FNO2/c18-15-9-7-14(8-10-15)5-1-2-6-16(20)19-13-17(21)11-3-4-12-17/h7-10,21H,1-6,11-13H2,(H,19,20). The molecular weight excluding hydrogens is 269 g/mol. The normalized spacial score (nSPS) is 16.9. The van der Waals surface area contributed by atoms with E-state index in [-0.39, 0.29) is 11.7 Å². The van der Waals surface area contributed by atoms with E-state index in [1.165, 1.54) is 12.1 Å². The number of amides is 1. The van der Waals surface area contributed by atoms with Crippen molar-refractivity contribution in [3.63, 3.8) is 0 Å². The van der Waals surface area contributed by atoms with Gasteiger partial charge in [0.15, 0.2) is 0 Å². The molecule has 2 rings (SSSR count). The van der Waals surface area contributed by atoms with Crippen LogP contribution in [0.25, 0.3) is 0 Å². The molecule has 0 aliphatic heterocycles. The highest BCUT2D eigenvalue weighted by Gasteiger charge is 2.31. The zero-order valence-electron chi connectivity index (χ0n) is 12.4. The summed E-state index contributed by atoms with van der Waals surface area (Å²) in [5.74, 6) is -0.211. The van der Waals surface area contributed by atoms with Crippen LogP contribution in [0.3, 0.4) is 0 Å². The van der Waals surface area contributed by atoms with Gasteiger partial charge in [-0.25, -0.2) is 4.39 Å². The van der Waals surface area contributed by atoms with Gasteiger partial charge in [0.1, 0.15) is 5.82 Å². The van der Waals surface area contributed by atoms with E-state index in [1.54, 1.807) is 12.1 Å². The molecule has 1 aliphatic rings. The van der Waals surface area contributed by atoms with Gasteiger partial charge in [-0.1, -0.05) is 25.0 Å². The van der Waals surface area contributed by atoms with E-state index >= 15 is 0 Å². The van der Waals surface area contributed by atoms with Crippen molar-refractivity contribution in [2.75, 3.05) is 6.54 Å². The summed E-state index contributed by atoms with van der Waals surface area (Å²) in [6.45, 7) is 0.379. The summed E-state index contributed by atoms with van der Waals surface area (Å²) in [5.41, 5.74) is 0.418. The number of carbonyl (C=O) groups excluding carboxylic acids is 1. The lowest BCUT2D eigenvalue weighted by Gasteiger charge is -2.22. The highest BCUT2D eigenvalue weighted by atomic mass is 19.1. The van der Waals surface area contributed by atoms with E-state index in [9.17, 15) is 14.3 Å². The summed E-state index contributed by atoms with van der Waals surface area (Å²) in [5, 5.41) is 13.0. The number of carbonyl (C=O) groups is 1. The second kappa shape index (κ2) is 7.55. The Bertz CT molecular complexity index is 452. The van der Waals surface area contributed by atoms with E-state index < -0.39 is 5.60 Å². The number of hydrogen-bond acceptors (Lipinski definition) is 2. The van der Waals surface area contributed by atoms with E-state index in [1.807, 2.05) is 0 Å². The molecule has 3 nitrogen and oxygen atoms in total. The molecule has 21 heavy (non-hydrogen) atoms. The Balaban J connectivity index is 1.57. The molecule has 0 unspecified atom stereocenters. The van der Waals surface area contributed by atoms with E-state index in [2.05, 4.69) is 5.32 Å². The van der Waals surface area contributed by atoms with Crippen molar-refractivity contribution in [2.24, 2.45) is 0 Å². The first kappa shape index (κ1) is 16.0. The molecule has 1 aliphatic carbocycles. The highest BCUT2D eigenvalue weighted by molar-refractivity contribution is 5.75. The lowest BCUT2D eigenvalue weighted by Crippen LogP contribution is -2.40. The van der Waals surface area contributed by atoms with Gasteiger partial charge in [-0.15, -0.1) is 0 Å². The molecule has 1 aromatic rings. The van der Waals surface area contributed by atoms with Crippen LogP contribution < -0.4 is 5.32 Å². The number of hydrogen-bond donors (Lipinski definition) is 2. The Morgan fingerprint density at radius 3 is 2.52 bits per heavy atom. The zero-order valence-corrected chi connectivity index (χ0v) is 12.4. The molecule has 2 N–H and O–H groups in total. The first-order chi connectivity index (χ1) is 10.1. The highest BCUT2D eigenvalue weighted by Crippen LogP contribution is 2.28. The quantitative estimate of drug-likeness (QED) is 0.759. The van der Waals surface area contributed by atoms with Gasteiger partial charge >= 0.3 is 0 Å². The maximum absolute atomic E-state index is 12.8. The van der Waals surface area contributed by atoms with E-state index in [0.29, 0.717) is 13.0 Å². The third kappa shape index (κ3) is 5.46. The van der Waals surface area contributed by atoms with E-state index in [0.717, 1.165) is 50.5 Å². The maximum Gasteiger partial charge on any atom is 0.220 e. The average molecular weight is 293 g/mol. The van der Waals surface area contributed by atoms with Crippen molar-refractivity contribution in [1.82, 2.24) is 5.32 Å². The lowest BCUT2D eigenvalue weighted by molar-refractivity contribution is -0.122. The molecule has 0 bridgehead atoms. The summed E-state index contributed by atoms with van der Waals surface area (Å²) in [6, 6.07) is 6.49. The molecule has 1 aromatic carbocycles. The SMILES string of the molecule is O=C(CCCCc1ccc(F)cc1)NCC1(O)CCCC1. The molecular formula is C17H24FNO2. The molecule has 0 heterocycles. The van der Waals surface area contributed by atoms with Gasteiger partial charge < -0.3 is 10.4 Å². The second-order valence-electron chi connectivity index (χ2n) is 6.04. The number of halogens is 1. The summed E-state index contributed by atoms with van der Waals surface area (Å²) in [7, 11) is 0. The smallest absolute Gasteiger partial charge is 0.220 e. The van der Waals surface area contributed by atoms with Gasteiger partial charge in [-0.05, 0) is 49.8 Å². The lowest BCUT2D eigenvalue weighted by atomic mass is 10.0. The molecule has 1 amide bonds. The Hall–Kier alpha value is -1.42. The summed E-state index contributed by atoms with van der Waals surface area (Å²) in [4.78, 5) is 11.7. The zero-order chi connectivity index (χ0) is 15.1. The van der Waals surface area contributed by atoms with Crippen LogP contribution in [0.5, 0.6) is 0 Å². The first-order valence-corrected chi connectivity index (χ1v) is 7.81. The summed E-state index contributed by atoms with van der Waals surface area (Å²) < 4.78 is 12.8. The molecule has 4 heteroatoms. The number of rotatable bonds is 7. The topological polar surface area (TPSA) is 49.3 Å². The van der Waals surface area contributed by atoms with Gasteiger partial charge in [-0.2, -0.15) is 0 Å². The molecule has 0 radical (unpaired) electrons. The molecule has 0 saturated heterocycles. The monoisotopic (exact) mass is 293 g/mol. The Kier molecular flexibility index (Phi) is 5.74. The van der Waals surface area contributed by atoms with Crippen LogP contribution in [-0.2, 0) is 11.2 Å². The van der Waals surface area contributed by atoms with Crippen LogP contribution in [-0.4, -0.2) is 23.2 Å². The van der Waals surface area contributed by atoms with Crippen LogP contribution in [0.1, 0.15) is 50.5 Å². The number of unbranched alkanes of at least 4 members (excludes halogenated alkanes) is 1. The third-order valence-corrected chi connectivity index (χ3v) is 4.18. The van der Waals surface area contributed by atoms with Gasteiger partial charge in [0.2, 0.25) is 5.91 Å². The molecule has 116 valence electrons. The van der Waals surface area contributed by atoms with Gasteiger partial charge in [0, 0.05) is 13.0 Å². The van der Waals surface area contributed by atoms with Crippen LogP contribution >= 0.6 is 0 Å². The largest absolute Gasteiger partial charge is 0.388 e. The van der Waals surface area contributed by atoms with E-state index in [4.69, 9.17) is 0 Å². The maximum atomic E-state index is 12.8. The number of nitrogens with one attached hydrogen (secondary N) is 1. The summed E-state index contributed by atoms with van der Waals surface area (Å²) >= 11 is 0. The predicted octanol–water partition coefficient (Wildman–Crippen LogP) is 2.96. The minimum atomic E-state index is -0.677. The minimum Gasteiger partial charge on any atom is -0.388 e. The van der Waals surface area contributed by atoms with Crippen molar-refractivity contribution in [3.8, 4) is 0 Å². The molecule has 1 fully saturated rings. The van der Waals surface area contributed by atoms with Crippen molar-refractivity contribution in [2.45, 2.75) is 57.0 Å². The fourth-order valence-electron chi connectivity index (χ4n) is 2.83. The molecule has 0 aromatic heterocycles. The van der Waals surface area contributed by atoms with Crippen molar-refractivity contribution in [1.29, 1.82) is 0 Å². The number of benzene rings is 1. The minimum absolute atomic E-state index is 0.00873. The van der Waals surface area contributed by atoms with Crippen molar-refractivity contribution in [3.05, 3.63) is 35.6 Å². The fraction of sp³-hybridized carbons (Fsp3) is 0.588. The number of aliphatic hydroxyl groups is 1. The predicted molar refractivity (Wildman–Crippen MR) is 80.4 cm³/mol. The Morgan fingerprint density at radius 2 is 1.86 bits per heavy atom. The summed E-state index contributed by atoms with van der Waals surface area (Å²) in [6.07, 6.45) is 6.73. The molecule has 0 atom stereocenters.